The van der Waals surface area contributed by atoms with E-state index in [0.717, 1.165) is 5.69 Å². The normalized spacial score (nSPS) is 21.9. The Hall–Kier alpha value is -2.15. The number of anilines is 1. The summed E-state index contributed by atoms with van der Waals surface area (Å²) in [6, 6.07) is -0.169. The van der Waals surface area contributed by atoms with Crippen LogP contribution in [-0.2, 0) is 11.8 Å². The third kappa shape index (κ3) is 2.97. The molecule has 2 aromatic heterocycles. The molecule has 2 atom stereocenters. The summed E-state index contributed by atoms with van der Waals surface area (Å²) in [7, 11) is 1.90. The fourth-order valence-electron chi connectivity index (χ4n) is 2.45. The minimum atomic E-state index is -0.168. The van der Waals surface area contributed by atoms with Crippen LogP contribution in [0.2, 0.25) is 5.02 Å². The van der Waals surface area contributed by atoms with Crippen LogP contribution in [0.1, 0.15) is 24.6 Å². The zero-order valence-electron chi connectivity index (χ0n) is 11.5. The first-order valence-electron chi connectivity index (χ1n) is 6.63. The number of nitrogens with zero attached hydrogens (tertiary/aromatic N) is 4. The van der Waals surface area contributed by atoms with E-state index in [1.807, 2.05) is 11.6 Å². The minimum Gasteiger partial charge on any atom is -0.349 e. The van der Waals surface area contributed by atoms with Crippen LogP contribution >= 0.6 is 11.6 Å². The Morgan fingerprint density at radius 3 is 2.81 bits per heavy atom. The second-order valence-electron chi connectivity index (χ2n) is 4.99. The van der Waals surface area contributed by atoms with Gasteiger partial charge in [0.05, 0.1) is 47.7 Å². The molecule has 2 aromatic rings. The van der Waals surface area contributed by atoms with Crippen LogP contribution in [0.15, 0.2) is 24.9 Å². The van der Waals surface area contributed by atoms with E-state index >= 15 is 0 Å². The van der Waals surface area contributed by atoms with Crippen molar-refractivity contribution in [1.82, 2.24) is 24.8 Å². The molecule has 110 valence electrons. The second kappa shape index (κ2) is 5.69. The van der Waals surface area contributed by atoms with Gasteiger partial charge in [-0.3, -0.25) is 4.79 Å². The van der Waals surface area contributed by atoms with Gasteiger partial charge in [0, 0.05) is 13.5 Å². The number of hydrogen-bond acceptors (Lipinski definition) is 5. The van der Waals surface area contributed by atoms with Gasteiger partial charge in [-0.2, -0.15) is 0 Å². The minimum absolute atomic E-state index is 0.000671. The Bertz CT molecular complexity index is 640. The molecule has 3 heterocycles. The van der Waals surface area contributed by atoms with E-state index in [-0.39, 0.29) is 18.0 Å². The maximum Gasteiger partial charge on any atom is 0.222 e. The molecule has 1 aliphatic heterocycles. The van der Waals surface area contributed by atoms with Crippen LogP contribution in [0.5, 0.6) is 0 Å². The Labute approximate surface area is 126 Å². The molecule has 1 amide bonds. The molecule has 1 fully saturated rings. The summed E-state index contributed by atoms with van der Waals surface area (Å²) in [6.07, 6.45) is 7.72. The standard InChI is InChI=1S/C13H15ClN6O/c1-20-7-15-6-10(20)12-9(2-3-11(21)19-12)18-13-16-4-8(14)5-17-13/h4-7,9,12H,2-3H2,1H3,(H,19,21)(H,16,17,18)/t9-,12-/m1/s1. The molecule has 0 spiro atoms. The molecular weight excluding hydrogens is 292 g/mol. The van der Waals surface area contributed by atoms with Crippen molar-refractivity contribution in [2.45, 2.75) is 24.9 Å². The number of imidazole rings is 1. The number of hydrogen-bond donors (Lipinski definition) is 2. The average molecular weight is 307 g/mol. The van der Waals surface area contributed by atoms with Crippen molar-refractivity contribution in [1.29, 1.82) is 0 Å². The lowest BCUT2D eigenvalue weighted by atomic mass is 9.95. The summed E-state index contributed by atoms with van der Waals surface area (Å²) in [4.78, 5) is 24.1. The fourth-order valence-corrected chi connectivity index (χ4v) is 2.55. The average Bonchev–Trinajstić information content (AvgIpc) is 2.89. The molecule has 7 nitrogen and oxygen atoms in total. The highest BCUT2D eigenvalue weighted by Gasteiger charge is 2.32. The number of piperidine rings is 1. The molecule has 0 aliphatic carbocycles. The van der Waals surface area contributed by atoms with Gasteiger partial charge >= 0.3 is 0 Å². The van der Waals surface area contributed by atoms with E-state index in [1.54, 1.807) is 12.5 Å². The van der Waals surface area contributed by atoms with Crippen LogP contribution in [0.25, 0.3) is 0 Å². The zero-order valence-corrected chi connectivity index (χ0v) is 12.2. The summed E-state index contributed by atoms with van der Waals surface area (Å²) in [5, 5.41) is 6.74. The van der Waals surface area contributed by atoms with Crippen LogP contribution in [0.3, 0.4) is 0 Å². The van der Waals surface area contributed by atoms with Gasteiger partial charge in [0.25, 0.3) is 0 Å². The highest BCUT2D eigenvalue weighted by Crippen LogP contribution is 2.25. The first kappa shape index (κ1) is 13.8. The first-order valence-corrected chi connectivity index (χ1v) is 7.01. The van der Waals surface area contributed by atoms with Crippen LogP contribution in [0, 0.1) is 0 Å². The Kier molecular flexibility index (Phi) is 3.74. The fraction of sp³-hybridized carbons (Fsp3) is 0.385. The quantitative estimate of drug-likeness (QED) is 0.893. The molecule has 1 saturated heterocycles. The van der Waals surface area contributed by atoms with Crippen molar-refractivity contribution >= 4 is 23.5 Å². The van der Waals surface area contributed by atoms with E-state index in [9.17, 15) is 4.79 Å². The lowest BCUT2D eigenvalue weighted by Crippen LogP contribution is -2.46. The Morgan fingerprint density at radius 1 is 1.38 bits per heavy atom. The van der Waals surface area contributed by atoms with Gasteiger partial charge in [0.1, 0.15) is 0 Å². The number of aromatic nitrogens is 4. The molecule has 0 unspecified atom stereocenters. The zero-order chi connectivity index (χ0) is 14.8. The summed E-state index contributed by atoms with van der Waals surface area (Å²) in [5.41, 5.74) is 0.939. The number of rotatable bonds is 3. The maximum absolute atomic E-state index is 11.7. The van der Waals surface area contributed by atoms with Crippen molar-refractivity contribution in [2.75, 3.05) is 5.32 Å². The van der Waals surface area contributed by atoms with E-state index in [1.165, 1.54) is 12.4 Å². The smallest absolute Gasteiger partial charge is 0.222 e. The van der Waals surface area contributed by atoms with E-state index in [0.29, 0.717) is 23.8 Å². The number of nitrogens with one attached hydrogen (secondary N) is 2. The summed E-state index contributed by atoms with van der Waals surface area (Å²) < 4.78 is 1.90. The summed E-state index contributed by atoms with van der Waals surface area (Å²) >= 11 is 5.78. The number of halogens is 1. The van der Waals surface area contributed by atoms with E-state index < -0.39 is 0 Å². The highest BCUT2D eigenvalue weighted by molar-refractivity contribution is 6.30. The molecule has 0 saturated carbocycles. The van der Waals surface area contributed by atoms with Gasteiger partial charge in [-0.15, -0.1) is 0 Å². The molecular formula is C13H15ClN6O. The highest BCUT2D eigenvalue weighted by atomic mass is 35.5. The molecule has 1 aliphatic rings. The largest absolute Gasteiger partial charge is 0.349 e. The van der Waals surface area contributed by atoms with Crippen LogP contribution in [-0.4, -0.2) is 31.5 Å². The van der Waals surface area contributed by atoms with Crippen molar-refractivity contribution in [3.05, 3.63) is 35.6 Å². The van der Waals surface area contributed by atoms with E-state index in [4.69, 9.17) is 11.6 Å². The molecule has 0 bridgehead atoms. The van der Waals surface area contributed by atoms with Crippen molar-refractivity contribution in [2.24, 2.45) is 7.05 Å². The number of carbonyl (C=O) groups is 1. The van der Waals surface area contributed by atoms with Gasteiger partial charge in [0.2, 0.25) is 11.9 Å². The van der Waals surface area contributed by atoms with Gasteiger partial charge in [-0.1, -0.05) is 11.6 Å². The van der Waals surface area contributed by atoms with Crippen molar-refractivity contribution < 1.29 is 4.79 Å². The predicted molar refractivity (Wildman–Crippen MR) is 77.8 cm³/mol. The third-order valence-corrected chi connectivity index (χ3v) is 3.70. The second-order valence-corrected chi connectivity index (χ2v) is 5.43. The SMILES string of the molecule is Cn1cncc1[C@@H]1NC(=O)CC[C@H]1Nc1ncc(Cl)cn1. The third-order valence-electron chi connectivity index (χ3n) is 3.51. The summed E-state index contributed by atoms with van der Waals surface area (Å²) in [5.74, 6) is 0.531. The van der Waals surface area contributed by atoms with Crippen molar-refractivity contribution in [3.63, 3.8) is 0 Å². The van der Waals surface area contributed by atoms with E-state index in [2.05, 4.69) is 25.6 Å². The Morgan fingerprint density at radius 2 is 2.14 bits per heavy atom. The monoisotopic (exact) mass is 306 g/mol. The van der Waals surface area contributed by atoms with Crippen LogP contribution < -0.4 is 10.6 Å². The maximum atomic E-state index is 11.7. The summed E-state index contributed by atoms with van der Waals surface area (Å²) in [6.45, 7) is 0. The molecule has 21 heavy (non-hydrogen) atoms. The van der Waals surface area contributed by atoms with Gasteiger partial charge < -0.3 is 15.2 Å². The predicted octanol–water partition coefficient (Wildman–Crippen LogP) is 1.30. The molecule has 0 aromatic carbocycles. The molecule has 0 radical (unpaired) electrons. The van der Waals surface area contributed by atoms with Crippen LogP contribution in [0.4, 0.5) is 5.95 Å². The van der Waals surface area contributed by atoms with Gasteiger partial charge in [0.15, 0.2) is 0 Å². The lowest BCUT2D eigenvalue weighted by molar-refractivity contribution is -0.123. The molecule has 8 heteroatoms. The number of amides is 1. The first-order chi connectivity index (χ1) is 10.1. The number of aryl methyl sites for hydroxylation is 1. The van der Waals surface area contributed by atoms with Gasteiger partial charge in [-0.25, -0.2) is 15.0 Å². The Balaban J connectivity index is 1.82. The lowest BCUT2D eigenvalue weighted by Gasteiger charge is -2.32. The molecule has 3 rings (SSSR count). The molecule has 2 N–H and O–H groups in total. The topological polar surface area (TPSA) is 84.7 Å². The van der Waals surface area contributed by atoms with Gasteiger partial charge in [-0.05, 0) is 6.42 Å². The number of carbonyl (C=O) groups excluding carboxylic acids is 1. The van der Waals surface area contributed by atoms with Crippen molar-refractivity contribution in [3.8, 4) is 0 Å².